The van der Waals surface area contributed by atoms with Crippen molar-refractivity contribution in [3.8, 4) is 0 Å². The first kappa shape index (κ1) is 9.78. The van der Waals surface area contributed by atoms with E-state index >= 15 is 0 Å². The summed E-state index contributed by atoms with van der Waals surface area (Å²) in [6.45, 7) is 5.23. The van der Waals surface area contributed by atoms with Gasteiger partial charge in [0.25, 0.3) is 0 Å². The van der Waals surface area contributed by atoms with Gasteiger partial charge in [-0.3, -0.25) is 0 Å². The summed E-state index contributed by atoms with van der Waals surface area (Å²) < 4.78 is 0. The predicted octanol–water partition coefficient (Wildman–Crippen LogP) is -0.407. The van der Waals surface area contributed by atoms with Crippen LogP contribution in [0.5, 0.6) is 0 Å². The van der Waals surface area contributed by atoms with E-state index in [1.807, 2.05) is 0 Å². The third kappa shape index (κ3) is 167. The second-order valence-electron chi connectivity index (χ2n) is 2.17. The Kier molecular flexibility index (Phi) is 4.43. The number of aliphatic hydroxyl groups is 1. The standard InChI is InChI=1S/C4H10O.Ga.3H/c1-4(2,3)5;;;;/h5H,1-3H3;;;;. The number of hydrogen-bond donors (Lipinski definition) is 1. The molecule has 1 nitrogen and oxygen atoms in total. The van der Waals surface area contributed by atoms with Crippen LogP contribution in [0.15, 0.2) is 0 Å². The Bertz CT molecular complexity index is 23.0. The molecule has 0 rings (SSSR count). The van der Waals surface area contributed by atoms with E-state index in [1.54, 1.807) is 20.8 Å². The number of hydrogen-bond acceptors (Lipinski definition) is 1. The molecule has 0 aliphatic heterocycles. The molecule has 0 bridgehead atoms. The molecule has 0 saturated heterocycles. The number of rotatable bonds is 0. The fourth-order valence-corrected chi connectivity index (χ4v) is 0. The van der Waals surface area contributed by atoms with Gasteiger partial charge in [0.2, 0.25) is 0 Å². The molecule has 0 fully saturated rings. The first-order valence-corrected chi connectivity index (χ1v) is 1.72. The van der Waals surface area contributed by atoms with Crippen molar-refractivity contribution in [1.29, 1.82) is 0 Å². The van der Waals surface area contributed by atoms with Crippen LogP contribution in [0.1, 0.15) is 20.8 Å². The van der Waals surface area contributed by atoms with Gasteiger partial charge in [-0.1, -0.05) is 0 Å². The van der Waals surface area contributed by atoms with Crippen LogP contribution in [-0.2, 0) is 0 Å². The molecule has 0 spiro atoms. The monoisotopic (exact) mass is 146 g/mol. The molecule has 0 aromatic rings. The van der Waals surface area contributed by atoms with Gasteiger partial charge in [0, 0.05) is 0 Å². The van der Waals surface area contributed by atoms with Crippen molar-refractivity contribution >= 4 is 19.8 Å². The van der Waals surface area contributed by atoms with Crippen LogP contribution in [0, 0.1) is 0 Å². The Hall–Kier alpha value is 0.596. The van der Waals surface area contributed by atoms with Gasteiger partial charge in [-0.2, -0.15) is 0 Å². The van der Waals surface area contributed by atoms with Gasteiger partial charge in [0.05, 0.1) is 5.60 Å². The zero-order chi connectivity index (χ0) is 4.50. The summed E-state index contributed by atoms with van der Waals surface area (Å²) in [6, 6.07) is 0. The van der Waals surface area contributed by atoms with Crippen LogP contribution >= 0.6 is 0 Å². The van der Waals surface area contributed by atoms with Crippen molar-refractivity contribution in [2.45, 2.75) is 26.4 Å². The molecule has 0 atom stereocenters. The van der Waals surface area contributed by atoms with Crippen LogP contribution < -0.4 is 0 Å². The van der Waals surface area contributed by atoms with Gasteiger partial charge < -0.3 is 5.11 Å². The summed E-state index contributed by atoms with van der Waals surface area (Å²) in [7, 11) is 0. The first-order valence-electron chi connectivity index (χ1n) is 1.72. The first-order chi connectivity index (χ1) is 2.00. The van der Waals surface area contributed by atoms with Crippen molar-refractivity contribution in [3.05, 3.63) is 0 Å². The Balaban J connectivity index is 0. The van der Waals surface area contributed by atoms with Crippen LogP contribution in [0.4, 0.5) is 0 Å². The summed E-state index contributed by atoms with van der Waals surface area (Å²) in [5.74, 6) is 0. The normalized spacial score (nSPS) is 10.0. The molecular weight excluding hydrogens is 134 g/mol. The SMILES string of the molecule is CC(C)(C)O.[GaH3]. The molecule has 0 unspecified atom stereocenters. The molecule has 0 aliphatic carbocycles. The Labute approximate surface area is 51.8 Å². The molecular formula is C4H13GaO. The fourth-order valence-electron chi connectivity index (χ4n) is 0. The van der Waals surface area contributed by atoms with E-state index in [1.165, 1.54) is 0 Å². The molecule has 0 heterocycles. The summed E-state index contributed by atoms with van der Waals surface area (Å²) in [6.07, 6.45) is 0. The summed E-state index contributed by atoms with van der Waals surface area (Å²) in [5.41, 5.74) is -0.500. The van der Waals surface area contributed by atoms with Gasteiger partial charge in [-0.15, -0.1) is 0 Å². The molecule has 0 radical (unpaired) electrons. The minimum absolute atomic E-state index is 0. The average molecular weight is 147 g/mol. The molecule has 0 aliphatic rings. The van der Waals surface area contributed by atoms with E-state index in [0.29, 0.717) is 0 Å². The molecule has 1 N–H and O–H groups in total. The van der Waals surface area contributed by atoms with Crippen LogP contribution in [-0.4, -0.2) is 30.5 Å². The van der Waals surface area contributed by atoms with E-state index in [0.717, 1.165) is 0 Å². The van der Waals surface area contributed by atoms with Crippen LogP contribution in [0.2, 0.25) is 0 Å². The topological polar surface area (TPSA) is 20.2 Å². The molecule has 6 heavy (non-hydrogen) atoms. The molecule has 0 aromatic carbocycles. The molecule has 0 aromatic heterocycles. The van der Waals surface area contributed by atoms with E-state index in [-0.39, 0.29) is 19.8 Å². The molecule has 0 amide bonds. The summed E-state index contributed by atoms with van der Waals surface area (Å²) in [5, 5.41) is 8.52. The third-order valence-corrected chi connectivity index (χ3v) is 0. The van der Waals surface area contributed by atoms with Crippen molar-refractivity contribution in [2.24, 2.45) is 0 Å². The van der Waals surface area contributed by atoms with Crippen LogP contribution in [0.25, 0.3) is 0 Å². The maximum absolute atomic E-state index is 8.52. The Morgan fingerprint density at radius 1 is 1.17 bits per heavy atom. The third-order valence-electron chi connectivity index (χ3n) is 0. The van der Waals surface area contributed by atoms with Crippen molar-refractivity contribution in [3.63, 3.8) is 0 Å². The average Bonchev–Trinajstić information content (AvgIpc) is 0.722. The minimum atomic E-state index is -0.500. The van der Waals surface area contributed by atoms with Gasteiger partial charge >= 0.3 is 19.8 Å². The van der Waals surface area contributed by atoms with E-state index in [9.17, 15) is 0 Å². The second kappa shape index (κ2) is 2.72. The van der Waals surface area contributed by atoms with Gasteiger partial charge in [-0.25, -0.2) is 0 Å². The maximum atomic E-state index is 8.52. The van der Waals surface area contributed by atoms with Gasteiger partial charge in [-0.05, 0) is 20.8 Å². The zero-order valence-electron chi connectivity index (χ0n) is 3.95. The van der Waals surface area contributed by atoms with Crippen molar-refractivity contribution < 1.29 is 5.11 Å². The Morgan fingerprint density at radius 3 is 1.17 bits per heavy atom. The van der Waals surface area contributed by atoms with Gasteiger partial charge in [0.1, 0.15) is 0 Å². The van der Waals surface area contributed by atoms with Crippen molar-refractivity contribution in [1.82, 2.24) is 0 Å². The predicted molar refractivity (Wildman–Crippen MR) is 31.9 cm³/mol. The molecule has 2 heteroatoms. The summed E-state index contributed by atoms with van der Waals surface area (Å²) in [4.78, 5) is 0. The van der Waals surface area contributed by atoms with E-state index in [2.05, 4.69) is 0 Å². The molecule has 38 valence electrons. The zero-order valence-corrected chi connectivity index (χ0v) is 3.95. The van der Waals surface area contributed by atoms with Crippen molar-refractivity contribution in [2.75, 3.05) is 0 Å². The van der Waals surface area contributed by atoms with E-state index < -0.39 is 5.60 Å². The molecule has 0 saturated carbocycles. The quantitative estimate of drug-likeness (QED) is 0.462. The van der Waals surface area contributed by atoms with Crippen LogP contribution in [0.3, 0.4) is 0 Å². The van der Waals surface area contributed by atoms with E-state index in [4.69, 9.17) is 5.11 Å². The fraction of sp³-hybridized carbons (Fsp3) is 1.00. The second-order valence-corrected chi connectivity index (χ2v) is 2.17. The summed E-state index contributed by atoms with van der Waals surface area (Å²) >= 11 is 0. The Morgan fingerprint density at radius 2 is 1.17 bits per heavy atom. The van der Waals surface area contributed by atoms with Gasteiger partial charge in [0.15, 0.2) is 0 Å².